The van der Waals surface area contributed by atoms with Gasteiger partial charge >= 0.3 is 6.09 Å². The van der Waals surface area contributed by atoms with E-state index in [1.807, 2.05) is 39.0 Å². The van der Waals surface area contributed by atoms with E-state index >= 15 is 0 Å². The van der Waals surface area contributed by atoms with Crippen LogP contribution in [0.5, 0.6) is 5.75 Å². The molecule has 0 unspecified atom stereocenters. The molecule has 0 saturated heterocycles. The van der Waals surface area contributed by atoms with Crippen molar-refractivity contribution in [2.45, 2.75) is 39.7 Å². The van der Waals surface area contributed by atoms with Crippen molar-refractivity contribution in [1.29, 1.82) is 0 Å². The minimum Gasteiger partial charge on any atom is -0.493 e. The molecule has 1 rings (SSSR count). The fourth-order valence-corrected chi connectivity index (χ4v) is 2.75. The first-order chi connectivity index (χ1) is 9.19. The molecular formula is C15H22BrNO3. The topological polar surface area (TPSA) is 58.6 Å². The number of ether oxygens (including phenoxy) is 1. The lowest BCUT2D eigenvalue weighted by Gasteiger charge is -2.28. The second-order valence-corrected chi connectivity index (χ2v) is 6.76. The predicted octanol–water partition coefficient (Wildman–Crippen LogP) is 4.21. The van der Waals surface area contributed by atoms with Crippen molar-refractivity contribution in [2.75, 3.05) is 6.61 Å². The molecule has 0 spiro atoms. The van der Waals surface area contributed by atoms with E-state index in [0.717, 1.165) is 22.2 Å². The fourth-order valence-electron chi connectivity index (χ4n) is 2.28. The van der Waals surface area contributed by atoms with Crippen LogP contribution in [0, 0.1) is 12.8 Å². The number of nitrogens with one attached hydrogen (secondary N) is 1. The Labute approximate surface area is 128 Å². The molecule has 4 nitrogen and oxygen atoms in total. The molecule has 0 saturated carbocycles. The molecule has 0 aromatic heterocycles. The number of carbonyl (C=O) groups is 1. The molecule has 0 aliphatic carbocycles. The van der Waals surface area contributed by atoms with Crippen LogP contribution in [0.3, 0.4) is 0 Å². The summed E-state index contributed by atoms with van der Waals surface area (Å²) in [7, 11) is 0. The number of rotatable bonds is 6. The van der Waals surface area contributed by atoms with Crippen LogP contribution in [0.1, 0.15) is 32.8 Å². The summed E-state index contributed by atoms with van der Waals surface area (Å²) in [4.78, 5) is 10.7. The number of halogens is 1. The van der Waals surface area contributed by atoms with Crippen molar-refractivity contribution in [3.63, 3.8) is 0 Å². The second-order valence-electron chi connectivity index (χ2n) is 5.84. The zero-order valence-electron chi connectivity index (χ0n) is 12.4. The molecule has 1 amide bonds. The monoisotopic (exact) mass is 343 g/mol. The number of hydrogen-bond acceptors (Lipinski definition) is 2. The molecule has 0 heterocycles. The van der Waals surface area contributed by atoms with Crippen molar-refractivity contribution in [3.8, 4) is 5.75 Å². The van der Waals surface area contributed by atoms with Gasteiger partial charge in [-0.15, -0.1) is 0 Å². The summed E-state index contributed by atoms with van der Waals surface area (Å²) in [6.07, 6.45) is -0.276. The van der Waals surface area contributed by atoms with Gasteiger partial charge in [0.15, 0.2) is 0 Å². The molecule has 0 fully saturated rings. The Balaban J connectivity index is 2.50. The fraction of sp³-hybridized carbons (Fsp3) is 0.533. The van der Waals surface area contributed by atoms with Gasteiger partial charge in [0, 0.05) is 10.0 Å². The molecule has 1 aromatic carbocycles. The number of hydrogen-bond donors (Lipinski definition) is 2. The maximum atomic E-state index is 10.7. The van der Waals surface area contributed by atoms with Crippen LogP contribution >= 0.6 is 15.9 Å². The third-order valence-electron chi connectivity index (χ3n) is 2.96. The Hall–Kier alpha value is -1.23. The summed E-state index contributed by atoms with van der Waals surface area (Å²) in [5.41, 5.74) is 0.623. The summed E-state index contributed by atoms with van der Waals surface area (Å²) >= 11 is 3.42. The van der Waals surface area contributed by atoms with E-state index in [0.29, 0.717) is 6.61 Å². The van der Waals surface area contributed by atoms with Gasteiger partial charge in [-0.3, -0.25) is 0 Å². The van der Waals surface area contributed by atoms with E-state index in [-0.39, 0.29) is 5.92 Å². The Morgan fingerprint density at radius 3 is 2.70 bits per heavy atom. The van der Waals surface area contributed by atoms with Crippen LogP contribution < -0.4 is 10.1 Å². The Morgan fingerprint density at radius 2 is 2.15 bits per heavy atom. The van der Waals surface area contributed by atoms with Crippen molar-refractivity contribution in [3.05, 3.63) is 28.2 Å². The molecule has 0 radical (unpaired) electrons. The first-order valence-electron chi connectivity index (χ1n) is 6.59. The highest BCUT2D eigenvalue weighted by molar-refractivity contribution is 9.10. The van der Waals surface area contributed by atoms with Gasteiger partial charge in [0.25, 0.3) is 0 Å². The van der Waals surface area contributed by atoms with Gasteiger partial charge in [-0.05, 0) is 56.9 Å². The normalized spacial score (nSPS) is 12.8. The lowest BCUT2D eigenvalue weighted by atomic mass is 9.92. The van der Waals surface area contributed by atoms with Gasteiger partial charge < -0.3 is 15.2 Å². The van der Waals surface area contributed by atoms with Crippen LogP contribution in [-0.2, 0) is 0 Å². The van der Waals surface area contributed by atoms with Gasteiger partial charge in [0.1, 0.15) is 5.75 Å². The van der Waals surface area contributed by atoms with Crippen LogP contribution in [0.4, 0.5) is 4.79 Å². The maximum Gasteiger partial charge on any atom is 0.405 e. The predicted molar refractivity (Wildman–Crippen MR) is 83.4 cm³/mol. The molecule has 2 N–H and O–H groups in total. The third-order valence-corrected chi connectivity index (χ3v) is 3.46. The average Bonchev–Trinajstić information content (AvgIpc) is 2.24. The largest absolute Gasteiger partial charge is 0.493 e. The van der Waals surface area contributed by atoms with E-state index in [1.165, 1.54) is 0 Å². The van der Waals surface area contributed by atoms with Crippen molar-refractivity contribution < 1.29 is 14.6 Å². The molecule has 0 aliphatic heterocycles. The highest BCUT2D eigenvalue weighted by Gasteiger charge is 2.23. The Bertz CT molecular complexity index is 474. The van der Waals surface area contributed by atoms with E-state index in [9.17, 15) is 4.79 Å². The maximum absolute atomic E-state index is 10.7. The molecule has 1 atom stereocenters. The van der Waals surface area contributed by atoms with Crippen molar-refractivity contribution in [2.24, 2.45) is 5.92 Å². The molecule has 5 heteroatoms. The third kappa shape index (κ3) is 5.82. The average molecular weight is 344 g/mol. The zero-order chi connectivity index (χ0) is 15.3. The van der Waals surface area contributed by atoms with Crippen molar-refractivity contribution in [1.82, 2.24) is 5.32 Å². The van der Waals surface area contributed by atoms with Crippen LogP contribution in [0.25, 0.3) is 0 Å². The minimum atomic E-state index is -0.994. The molecule has 0 aliphatic rings. The van der Waals surface area contributed by atoms with Gasteiger partial charge in [0.2, 0.25) is 0 Å². The second kappa shape index (κ2) is 6.97. The quantitative estimate of drug-likeness (QED) is 0.813. The number of benzene rings is 1. The molecule has 112 valence electrons. The van der Waals surface area contributed by atoms with Gasteiger partial charge in [-0.2, -0.15) is 0 Å². The summed E-state index contributed by atoms with van der Waals surface area (Å²) in [5, 5.41) is 11.3. The van der Waals surface area contributed by atoms with E-state index in [2.05, 4.69) is 28.2 Å². The van der Waals surface area contributed by atoms with Gasteiger partial charge in [-0.1, -0.05) is 22.9 Å². The Morgan fingerprint density at radius 1 is 1.50 bits per heavy atom. The smallest absolute Gasteiger partial charge is 0.405 e. The van der Waals surface area contributed by atoms with E-state index in [1.54, 1.807) is 0 Å². The minimum absolute atomic E-state index is 0.250. The first-order valence-corrected chi connectivity index (χ1v) is 7.39. The first kappa shape index (κ1) is 16.8. The van der Waals surface area contributed by atoms with Crippen molar-refractivity contribution >= 4 is 22.0 Å². The summed E-state index contributed by atoms with van der Waals surface area (Å²) in [6, 6.07) is 5.89. The summed E-state index contributed by atoms with van der Waals surface area (Å²) in [5.74, 6) is 1.11. The van der Waals surface area contributed by atoms with E-state index < -0.39 is 11.6 Å². The molecule has 20 heavy (non-hydrogen) atoms. The Kier molecular flexibility index (Phi) is 5.87. The van der Waals surface area contributed by atoms with Crippen LogP contribution in [0.15, 0.2) is 22.7 Å². The number of amides is 1. The highest BCUT2D eigenvalue weighted by atomic mass is 79.9. The number of aryl methyl sites for hydroxylation is 1. The highest BCUT2D eigenvalue weighted by Crippen LogP contribution is 2.24. The van der Waals surface area contributed by atoms with Gasteiger partial charge in [-0.25, -0.2) is 4.79 Å². The SMILES string of the molecule is Cc1cc(Br)ccc1OC[C@@H](C)CC(C)(C)NC(=O)O. The lowest BCUT2D eigenvalue weighted by molar-refractivity contribution is 0.169. The van der Waals surface area contributed by atoms with Gasteiger partial charge in [0.05, 0.1) is 6.61 Å². The van der Waals surface area contributed by atoms with Crippen LogP contribution in [-0.4, -0.2) is 23.3 Å². The molecule has 1 aromatic rings. The standard InChI is InChI=1S/C15H22BrNO3/c1-10(8-15(3,4)17-14(18)19)9-20-13-6-5-12(16)7-11(13)2/h5-7,10,17H,8-9H2,1-4H3,(H,18,19)/t10-/m0/s1. The molecular weight excluding hydrogens is 322 g/mol. The number of carboxylic acid groups (broad SMARTS) is 1. The van der Waals surface area contributed by atoms with Crippen LogP contribution in [0.2, 0.25) is 0 Å². The lowest BCUT2D eigenvalue weighted by Crippen LogP contribution is -2.44. The van der Waals surface area contributed by atoms with E-state index in [4.69, 9.17) is 9.84 Å². The zero-order valence-corrected chi connectivity index (χ0v) is 14.0. The molecule has 0 bridgehead atoms. The summed E-state index contributed by atoms with van der Waals surface area (Å²) < 4.78 is 6.84. The summed E-state index contributed by atoms with van der Waals surface area (Å²) in [6.45, 7) is 8.37.